The highest BCUT2D eigenvalue weighted by atomic mass is 79.9. The van der Waals surface area contributed by atoms with Crippen LogP contribution >= 0.6 is 15.9 Å². The minimum Gasteiger partial charge on any atom is -0.379 e. The van der Waals surface area contributed by atoms with Gasteiger partial charge in [0.05, 0.1) is 0 Å². The lowest BCUT2D eigenvalue weighted by Gasteiger charge is -2.35. The maximum absolute atomic E-state index is 12.6. The molecule has 0 bridgehead atoms. The Labute approximate surface area is 168 Å². The number of nitrogens with zero attached hydrogens (tertiary/aromatic N) is 2. The number of hydrogen-bond acceptors (Lipinski definition) is 5. The van der Waals surface area contributed by atoms with Crippen LogP contribution in [0.4, 0.5) is 5.69 Å². The van der Waals surface area contributed by atoms with Crippen molar-refractivity contribution in [2.75, 3.05) is 31.1 Å². The molecule has 0 aromatic heterocycles. The van der Waals surface area contributed by atoms with Gasteiger partial charge in [-0.2, -0.15) is 8.42 Å². The molecule has 0 atom stereocenters. The summed E-state index contributed by atoms with van der Waals surface area (Å²) in [4.78, 5) is 15.5. The number of rotatable bonds is 4. The lowest BCUT2D eigenvalue weighted by molar-refractivity contribution is -0.129. The molecule has 2 aromatic rings. The molecule has 27 heavy (non-hydrogen) atoms. The van der Waals surface area contributed by atoms with Crippen molar-refractivity contribution in [1.82, 2.24) is 4.90 Å². The first-order chi connectivity index (χ1) is 12.8. The summed E-state index contributed by atoms with van der Waals surface area (Å²) >= 11 is 3.29. The van der Waals surface area contributed by atoms with E-state index in [2.05, 4.69) is 20.8 Å². The molecule has 1 saturated heterocycles. The van der Waals surface area contributed by atoms with Crippen molar-refractivity contribution in [3.8, 4) is 5.75 Å². The fourth-order valence-corrected chi connectivity index (χ4v) is 4.71. The zero-order valence-electron chi connectivity index (χ0n) is 15.2. The molecule has 1 heterocycles. The van der Waals surface area contributed by atoms with Crippen LogP contribution in [0.25, 0.3) is 0 Å². The predicted molar refractivity (Wildman–Crippen MR) is 108 cm³/mol. The van der Waals surface area contributed by atoms with Gasteiger partial charge in [-0.15, -0.1) is 0 Å². The molecule has 1 aliphatic heterocycles. The highest BCUT2D eigenvalue weighted by molar-refractivity contribution is 9.10. The number of aryl methyl sites for hydroxylation is 1. The van der Waals surface area contributed by atoms with E-state index >= 15 is 0 Å². The van der Waals surface area contributed by atoms with Crippen LogP contribution in [0.5, 0.6) is 5.75 Å². The van der Waals surface area contributed by atoms with Crippen molar-refractivity contribution in [2.45, 2.75) is 18.7 Å². The lowest BCUT2D eigenvalue weighted by Crippen LogP contribution is -2.48. The van der Waals surface area contributed by atoms with Crippen LogP contribution in [0.15, 0.2) is 51.8 Å². The Morgan fingerprint density at radius 1 is 1.04 bits per heavy atom. The summed E-state index contributed by atoms with van der Waals surface area (Å²) in [5, 5.41) is 0. The zero-order chi connectivity index (χ0) is 19.6. The van der Waals surface area contributed by atoms with Crippen molar-refractivity contribution in [1.29, 1.82) is 0 Å². The third-order valence-corrected chi connectivity index (χ3v) is 6.44. The smallest absolute Gasteiger partial charge is 0.339 e. The number of piperazine rings is 1. The average molecular weight is 453 g/mol. The van der Waals surface area contributed by atoms with Gasteiger partial charge in [-0.25, -0.2) is 0 Å². The van der Waals surface area contributed by atoms with Gasteiger partial charge in [0.2, 0.25) is 5.91 Å². The Morgan fingerprint density at radius 3 is 2.26 bits per heavy atom. The van der Waals surface area contributed by atoms with E-state index in [9.17, 15) is 13.2 Å². The molecule has 3 rings (SSSR count). The Hall–Kier alpha value is -2.06. The molecule has 0 N–H and O–H groups in total. The van der Waals surface area contributed by atoms with E-state index in [0.717, 1.165) is 18.8 Å². The summed E-state index contributed by atoms with van der Waals surface area (Å²) in [5.74, 6) is 0.354. The number of carbonyl (C=O) groups is 1. The molecular formula is C19H21BrN2O4S. The van der Waals surface area contributed by atoms with Crippen LogP contribution in [0, 0.1) is 6.92 Å². The number of benzene rings is 2. The predicted octanol–water partition coefficient (Wildman–Crippen LogP) is 3.19. The van der Waals surface area contributed by atoms with E-state index in [1.807, 2.05) is 17.0 Å². The molecule has 0 spiro atoms. The molecule has 0 aliphatic carbocycles. The number of anilines is 1. The van der Waals surface area contributed by atoms with Crippen LogP contribution in [0.3, 0.4) is 0 Å². The summed E-state index contributed by atoms with van der Waals surface area (Å²) in [5.41, 5.74) is 1.60. The summed E-state index contributed by atoms with van der Waals surface area (Å²) in [6, 6.07) is 12.0. The van der Waals surface area contributed by atoms with E-state index in [0.29, 0.717) is 23.1 Å². The largest absolute Gasteiger partial charge is 0.379 e. The van der Waals surface area contributed by atoms with Crippen LogP contribution in [0.2, 0.25) is 0 Å². The average Bonchev–Trinajstić information content (AvgIpc) is 2.64. The Bertz CT molecular complexity index is 937. The first-order valence-electron chi connectivity index (χ1n) is 8.57. The molecule has 8 heteroatoms. The molecule has 0 unspecified atom stereocenters. The molecule has 0 radical (unpaired) electrons. The van der Waals surface area contributed by atoms with Gasteiger partial charge in [-0.05, 0) is 48.9 Å². The van der Waals surface area contributed by atoms with E-state index in [1.54, 1.807) is 38.1 Å². The molecule has 0 saturated carbocycles. The Kier molecular flexibility index (Phi) is 5.76. The van der Waals surface area contributed by atoms with E-state index < -0.39 is 10.1 Å². The second kappa shape index (κ2) is 7.90. The Morgan fingerprint density at radius 2 is 1.67 bits per heavy atom. The van der Waals surface area contributed by atoms with Crippen LogP contribution in [-0.2, 0) is 14.9 Å². The SMILES string of the molecule is CC(=O)N1CCN(c2ccc(OS(=O)(=O)c3cc(Br)ccc3C)cc2)CC1. The summed E-state index contributed by atoms with van der Waals surface area (Å²) in [6.07, 6.45) is 0. The van der Waals surface area contributed by atoms with E-state index in [1.165, 1.54) is 6.07 Å². The molecular weight excluding hydrogens is 432 g/mol. The fraction of sp³-hybridized carbons (Fsp3) is 0.316. The minimum atomic E-state index is -3.91. The first kappa shape index (κ1) is 19.7. The first-order valence-corrected chi connectivity index (χ1v) is 10.8. The highest BCUT2D eigenvalue weighted by Crippen LogP contribution is 2.26. The van der Waals surface area contributed by atoms with Crippen molar-refractivity contribution in [3.63, 3.8) is 0 Å². The van der Waals surface area contributed by atoms with Gasteiger partial charge in [-0.3, -0.25) is 4.79 Å². The zero-order valence-corrected chi connectivity index (χ0v) is 17.6. The molecule has 144 valence electrons. The molecule has 2 aromatic carbocycles. The van der Waals surface area contributed by atoms with Crippen molar-refractivity contribution in [3.05, 3.63) is 52.5 Å². The summed E-state index contributed by atoms with van der Waals surface area (Å²) < 4.78 is 31.1. The van der Waals surface area contributed by atoms with Gasteiger partial charge in [0.15, 0.2) is 0 Å². The number of amides is 1. The van der Waals surface area contributed by atoms with Crippen molar-refractivity contribution in [2.24, 2.45) is 0 Å². The van der Waals surface area contributed by atoms with Crippen molar-refractivity contribution < 1.29 is 17.4 Å². The standard InChI is InChI=1S/C19H21BrN2O4S/c1-14-3-4-16(20)13-19(14)27(24,25)26-18-7-5-17(6-8-18)22-11-9-21(10-12-22)15(2)23/h3-8,13H,9-12H2,1-2H3. The van der Waals surface area contributed by atoms with Gasteiger partial charge in [0.25, 0.3) is 0 Å². The topological polar surface area (TPSA) is 66.9 Å². The Balaban J connectivity index is 1.71. The van der Waals surface area contributed by atoms with Gasteiger partial charge in [0, 0.05) is 43.3 Å². The lowest BCUT2D eigenvalue weighted by atomic mass is 10.2. The van der Waals surface area contributed by atoms with Crippen molar-refractivity contribution >= 4 is 37.6 Å². The maximum atomic E-state index is 12.6. The maximum Gasteiger partial charge on any atom is 0.339 e. The van der Waals surface area contributed by atoms with Gasteiger partial charge in [-0.1, -0.05) is 22.0 Å². The van der Waals surface area contributed by atoms with Crippen LogP contribution in [0.1, 0.15) is 12.5 Å². The minimum absolute atomic E-state index is 0.0893. The number of halogens is 1. The fourth-order valence-electron chi connectivity index (χ4n) is 3.01. The van der Waals surface area contributed by atoms with Gasteiger partial charge in [0.1, 0.15) is 10.6 Å². The highest BCUT2D eigenvalue weighted by Gasteiger charge is 2.21. The number of hydrogen-bond donors (Lipinski definition) is 0. The third kappa shape index (κ3) is 4.62. The van der Waals surface area contributed by atoms with Crippen LogP contribution < -0.4 is 9.08 Å². The molecule has 1 amide bonds. The quantitative estimate of drug-likeness (QED) is 0.666. The van der Waals surface area contributed by atoms with Gasteiger partial charge < -0.3 is 14.0 Å². The number of carbonyl (C=O) groups excluding carboxylic acids is 1. The molecule has 1 fully saturated rings. The molecule has 6 nitrogen and oxygen atoms in total. The van der Waals surface area contributed by atoms with Gasteiger partial charge >= 0.3 is 10.1 Å². The normalized spacial score (nSPS) is 14.9. The van der Waals surface area contributed by atoms with Crippen LogP contribution in [-0.4, -0.2) is 45.4 Å². The molecule has 1 aliphatic rings. The van der Waals surface area contributed by atoms with E-state index in [-0.39, 0.29) is 16.6 Å². The second-order valence-corrected chi connectivity index (χ2v) is 8.86. The monoisotopic (exact) mass is 452 g/mol. The summed E-state index contributed by atoms with van der Waals surface area (Å²) in [7, 11) is -3.91. The van der Waals surface area contributed by atoms with E-state index in [4.69, 9.17) is 4.18 Å². The third-order valence-electron chi connectivity index (χ3n) is 4.55. The second-order valence-electron chi connectivity index (χ2n) is 6.43. The summed E-state index contributed by atoms with van der Waals surface area (Å²) in [6.45, 7) is 6.17.